The van der Waals surface area contributed by atoms with Crippen LogP contribution >= 0.6 is 15.9 Å². The summed E-state index contributed by atoms with van der Waals surface area (Å²) >= 11 is 3.39. The van der Waals surface area contributed by atoms with Crippen molar-refractivity contribution in [1.82, 2.24) is 5.16 Å². The summed E-state index contributed by atoms with van der Waals surface area (Å²) in [5.74, 6) is 1.16. The van der Waals surface area contributed by atoms with Crippen molar-refractivity contribution in [2.24, 2.45) is 0 Å². The highest BCUT2D eigenvalue weighted by atomic mass is 79.9. The minimum Gasteiger partial charge on any atom is -0.489 e. The Morgan fingerprint density at radius 1 is 1.40 bits per heavy atom. The maximum atomic E-state index is 12.9. The molecule has 1 atom stereocenters. The van der Waals surface area contributed by atoms with E-state index >= 15 is 0 Å². The van der Waals surface area contributed by atoms with Gasteiger partial charge >= 0.3 is 0 Å². The number of rotatable bonds is 8. The molecule has 8 heteroatoms. The van der Waals surface area contributed by atoms with Crippen molar-refractivity contribution < 1.29 is 23.0 Å². The van der Waals surface area contributed by atoms with Crippen molar-refractivity contribution in [3.63, 3.8) is 0 Å². The Kier molecular flexibility index (Phi) is 5.71. The number of carbonyl (C=O) groups excluding carboxylic acids is 1. The predicted molar refractivity (Wildman–Crippen MR) is 95.8 cm³/mol. The average molecular weight is 428 g/mol. The molecule has 1 fully saturated rings. The standard InChI is InChI=1S/C17H18BrNO5S/c1-22-7-8-23-16-12(18)6-5-11(17(16)25(2)21)15(20)13-9-14(24-19-13)10-3-4-10/h5-6,9-10H,3-4,7-8H2,1-2H3. The van der Waals surface area contributed by atoms with Crippen LogP contribution in [0.5, 0.6) is 5.75 Å². The number of carbonyl (C=O) groups is 1. The van der Waals surface area contributed by atoms with Crippen LogP contribution in [-0.2, 0) is 15.5 Å². The summed E-state index contributed by atoms with van der Waals surface area (Å²) in [6.45, 7) is 0.668. The number of methoxy groups -OCH3 is 1. The van der Waals surface area contributed by atoms with Gasteiger partial charge < -0.3 is 14.0 Å². The van der Waals surface area contributed by atoms with Crippen LogP contribution in [0.2, 0.25) is 0 Å². The molecule has 2 aromatic rings. The maximum absolute atomic E-state index is 12.9. The van der Waals surface area contributed by atoms with Crippen molar-refractivity contribution in [3.8, 4) is 5.75 Å². The first-order valence-corrected chi connectivity index (χ1v) is 10.2. The van der Waals surface area contributed by atoms with E-state index in [1.165, 1.54) is 6.26 Å². The van der Waals surface area contributed by atoms with E-state index in [0.29, 0.717) is 33.2 Å². The summed E-state index contributed by atoms with van der Waals surface area (Å²) in [6.07, 6.45) is 3.63. The molecule has 0 spiro atoms. The van der Waals surface area contributed by atoms with Gasteiger partial charge in [0.1, 0.15) is 18.1 Å². The van der Waals surface area contributed by atoms with Gasteiger partial charge in [0.15, 0.2) is 5.69 Å². The second-order valence-corrected chi connectivity index (χ2v) is 7.94. The third-order valence-corrected chi connectivity index (χ3v) is 5.48. The van der Waals surface area contributed by atoms with Gasteiger partial charge in [0, 0.05) is 30.9 Å². The molecule has 1 heterocycles. The molecule has 0 N–H and O–H groups in total. The number of nitrogens with zero attached hydrogens (tertiary/aromatic N) is 1. The molecule has 1 aliphatic carbocycles. The topological polar surface area (TPSA) is 78.6 Å². The molecule has 0 radical (unpaired) electrons. The van der Waals surface area contributed by atoms with Crippen LogP contribution in [0.1, 0.15) is 40.6 Å². The number of halogens is 1. The normalized spacial score (nSPS) is 15.2. The van der Waals surface area contributed by atoms with Crippen LogP contribution in [0, 0.1) is 0 Å². The van der Waals surface area contributed by atoms with Crippen LogP contribution in [0.3, 0.4) is 0 Å². The molecular weight excluding hydrogens is 410 g/mol. The van der Waals surface area contributed by atoms with Crippen molar-refractivity contribution >= 4 is 32.5 Å². The zero-order valence-electron chi connectivity index (χ0n) is 13.9. The second kappa shape index (κ2) is 7.80. The molecule has 1 aliphatic rings. The molecule has 1 aromatic heterocycles. The summed E-state index contributed by atoms with van der Waals surface area (Å²) in [5.41, 5.74) is 0.519. The van der Waals surface area contributed by atoms with Gasteiger partial charge in [-0.05, 0) is 40.9 Å². The van der Waals surface area contributed by atoms with Gasteiger partial charge in [-0.1, -0.05) is 5.16 Å². The number of aromatic nitrogens is 1. The van der Waals surface area contributed by atoms with E-state index in [4.69, 9.17) is 14.0 Å². The quantitative estimate of drug-likeness (QED) is 0.474. The lowest BCUT2D eigenvalue weighted by Crippen LogP contribution is -2.12. The fourth-order valence-corrected chi connectivity index (χ4v) is 3.94. The van der Waals surface area contributed by atoms with E-state index < -0.39 is 10.8 Å². The molecule has 3 rings (SSSR count). The summed E-state index contributed by atoms with van der Waals surface area (Å²) in [4.78, 5) is 13.2. The van der Waals surface area contributed by atoms with Crippen LogP contribution in [0.15, 0.2) is 32.1 Å². The van der Waals surface area contributed by atoms with E-state index in [-0.39, 0.29) is 18.1 Å². The van der Waals surface area contributed by atoms with Crippen molar-refractivity contribution in [2.75, 3.05) is 26.6 Å². The molecular formula is C17H18BrNO5S. The van der Waals surface area contributed by atoms with E-state index in [1.807, 2.05) is 0 Å². The molecule has 134 valence electrons. The first kappa shape index (κ1) is 18.3. The van der Waals surface area contributed by atoms with Gasteiger partial charge in [0.05, 0.1) is 26.8 Å². The van der Waals surface area contributed by atoms with Crippen LogP contribution in [0.25, 0.3) is 0 Å². The van der Waals surface area contributed by atoms with E-state index in [9.17, 15) is 9.00 Å². The zero-order valence-corrected chi connectivity index (χ0v) is 16.3. The van der Waals surface area contributed by atoms with Gasteiger partial charge in [0.25, 0.3) is 0 Å². The largest absolute Gasteiger partial charge is 0.489 e. The SMILES string of the molecule is COCCOc1c(Br)ccc(C(=O)c2cc(C3CC3)on2)c1S(C)=O. The lowest BCUT2D eigenvalue weighted by molar-refractivity contribution is 0.102. The minimum atomic E-state index is -1.43. The van der Waals surface area contributed by atoms with E-state index in [2.05, 4.69) is 21.1 Å². The Morgan fingerprint density at radius 2 is 2.16 bits per heavy atom. The summed E-state index contributed by atoms with van der Waals surface area (Å²) in [5, 5.41) is 3.89. The number of hydrogen-bond donors (Lipinski definition) is 0. The summed E-state index contributed by atoms with van der Waals surface area (Å²) in [7, 11) is 0.142. The minimum absolute atomic E-state index is 0.221. The number of benzene rings is 1. The Labute approximate surface area is 156 Å². The van der Waals surface area contributed by atoms with Gasteiger partial charge in [-0.2, -0.15) is 0 Å². The molecule has 0 saturated heterocycles. The smallest absolute Gasteiger partial charge is 0.216 e. The van der Waals surface area contributed by atoms with Gasteiger partial charge in [-0.15, -0.1) is 0 Å². The Hall–Kier alpha value is -1.51. The van der Waals surface area contributed by atoms with Crippen LogP contribution in [-0.4, -0.2) is 41.7 Å². The summed E-state index contributed by atoms with van der Waals surface area (Å²) < 4.78 is 28.9. The maximum Gasteiger partial charge on any atom is 0.216 e. The first-order chi connectivity index (χ1) is 12.0. The van der Waals surface area contributed by atoms with Crippen molar-refractivity contribution in [3.05, 3.63) is 39.7 Å². The molecule has 6 nitrogen and oxygen atoms in total. The van der Waals surface area contributed by atoms with Crippen LogP contribution in [0.4, 0.5) is 0 Å². The first-order valence-electron chi connectivity index (χ1n) is 7.82. The fourth-order valence-electron chi connectivity index (χ4n) is 2.46. The third kappa shape index (κ3) is 4.02. The van der Waals surface area contributed by atoms with Gasteiger partial charge in [-0.25, -0.2) is 0 Å². The second-order valence-electron chi connectivity index (χ2n) is 5.77. The average Bonchev–Trinajstić information content (AvgIpc) is 3.32. The lowest BCUT2D eigenvalue weighted by Gasteiger charge is -2.14. The Morgan fingerprint density at radius 3 is 2.80 bits per heavy atom. The Balaban J connectivity index is 1.97. The molecule has 0 bridgehead atoms. The molecule has 1 saturated carbocycles. The number of hydrogen-bond acceptors (Lipinski definition) is 6. The van der Waals surface area contributed by atoms with E-state index in [0.717, 1.165) is 18.6 Å². The number of ketones is 1. The lowest BCUT2D eigenvalue weighted by atomic mass is 10.1. The molecule has 1 unspecified atom stereocenters. The highest BCUT2D eigenvalue weighted by molar-refractivity contribution is 9.10. The van der Waals surface area contributed by atoms with E-state index in [1.54, 1.807) is 25.3 Å². The highest BCUT2D eigenvalue weighted by Gasteiger charge is 2.30. The summed E-state index contributed by atoms with van der Waals surface area (Å²) in [6, 6.07) is 5.00. The van der Waals surface area contributed by atoms with Gasteiger partial charge in [0.2, 0.25) is 5.78 Å². The Bertz CT molecular complexity index is 815. The number of ether oxygens (including phenoxy) is 2. The molecule has 0 amide bonds. The predicted octanol–water partition coefficient (Wildman–Crippen LogP) is 3.31. The highest BCUT2D eigenvalue weighted by Crippen LogP contribution is 2.41. The van der Waals surface area contributed by atoms with Crippen molar-refractivity contribution in [2.45, 2.75) is 23.7 Å². The molecule has 1 aromatic carbocycles. The van der Waals surface area contributed by atoms with Crippen molar-refractivity contribution in [1.29, 1.82) is 0 Å². The van der Waals surface area contributed by atoms with Gasteiger partial charge in [-0.3, -0.25) is 9.00 Å². The fraction of sp³-hybridized carbons (Fsp3) is 0.412. The zero-order chi connectivity index (χ0) is 18.0. The molecule has 0 aliphatic heterocycles. The van der Waals surface area contributed by atoms with Crippen LogP contribution < -0.4 is 4.74 Å². The third-order valence-electron chi connectivity index (χ3n) is 3.87. The molecule has 25 heavy (non-hydrogen) atoms. The monoisotopic (exact) mass is 427 g/mol.